The lowest BCUT2D eigenvalue weighted by atomic mass is 10.1. The van der Waals surface area contributed by atoms with Gasteiger partial charge in [-0.25, -0.2) is 0 Å². The highest BCUT2D eigenvalue weighted by atomic mass is 16.4. The van der Waals surface area contributed by atoms with Gasteiger partial charge in [0.2, 0.25) is 11.8 Å². The highest BCUT2D eigenvalue weighted by Crippen LogP contribution is 2.17. The van der Waals surface area contributed by atoms with E-state index in [2.05, 4.69) is 5.32 Å². The first kappa shape index (κ1) is 14.0. The Balaban J connectivity index is 1.95. The molecule has 0 aromatic heterocycles. The van der Waals surface area contributed by atoms with Gasteiger partial charge in [-0.05, 0) is 30.5 Å². The lowest BCUT2D eigenvalue weighted by Gasteiger charge is -2.27. The van der Waals surface area contributed by atoms with E-state index in [1.54, 1.807) is 4.90 Å². The number of hydrogen-bond acceptors (Lipinski definition) is 4. The van der Waals surface area contributed by atoms with E-state index in [-0.39, 0.29) is 31.3 Å². The topological polar surface area (TPSA) is 86.7 Å². The first-order chi connectivity index (χ1) is 9.54. The molecule has 0 bridgehead atoms. The van der Waals surface area contributed by atoms with Gasteiger partial charge < -0.3 is 10.0 Å². The number of nitrogens with one attached hydrogen (secondary N) is 1. The van der Waals surface area contributed by atoms with Gasteiger partial charge in [0.15, 0.2) is 0 Å². The van der Waals surface area contributed by atoms with E-state index in [1.807, 2.05) is 24.3 Å². The van der Waals surface area contributed by atoms with Crippen molar-refractivity contribution < 1.29 is 19.5 Å². The second kappa shape index (κ2) is 6.18. The zero-order chi connectivity index (χ0) is 14.5. The molecule has 6 nitrogen and oxygen atoms in total. The number of carboxylic acid groups (broad SMARTS) is 1. The standard InChI is InChI=1S/C14H16N2O4/c17-12-8-16(9-13(18)15-12)11-6-4-10(5-7-11)2-1-3-14(19)20/h4-7H,1-3,8-9H2,(H,19,20)(H,15,17,18). The molecule has 20 heavy (non-hydrogen) atoms. The van der Waals surface area contributed by atoms with Crippen molar-refractivity contribution in [3.8, 4) is 0 Å². The van der Waals surface area contributed by atoms with E-state index in [4.69, 9.17) is 5.11 Å². The lowest BCUT2D eigenvalue weighted by molar-refractivity contribution is -0.137. The van der Waals surface area contributed by atoms with Crippen LogP contribution in [0, 0.1) is 0 Å². The van der Waals surface area contributed by atoms with Crippen LogP contribution in [-0.4, -0.2) is 36.0 Å². The lowest BCUT2D eigenvalue weighted by Crippen LogP contribution is -2.51. The molecule has 0 unspecified atom stereocenters. The first-order valence-corrected chi connectivity index (χ1v) is 6.43. The molecule has 1 aromatic carbocycles. The first-order valence-electron chi connectivity index (χ1n) is 6.43. The molecule has 2 amide bonds. The maximum absolute atomic E-state index is 11.3. The number of anilines is 1. The number of carboxylic acids is 1. The maximum atomic E-state index is 11.3. The molecule has 1 aliphatic heterocycles. The van der Waals surface area contributed by atoms with E-state index in [0.29, 0.717) is 12.8 Å². The van der Waals surface area contributed by atoms with Crippen LogP contribution in [-0.2, 0) is 20.8 Å². The van der Waals surface area contributed by atoms with Crippen molar-refractivity contribution in [2.24, 2.45) is 0 Å². The smallest absolute Gasteiger partial charge is 0.303 e. The number of amides is 2. The van der Waals surface area contributed by atoms with Crippen LogP contribution in [0.1, 0.15) is 18.4 Å². The second-order valence-corrected chi connectivity index (χ2v) is 4.74. The van der Waals surface area contributed by atoms with Crippen LogP contribution in [0.2, 0.25) is 0 Å². The van der Waals surface area contributed by atoms with Crippen LogP contribution in [0.4, 0.5) is 5.69 Å². The molecule has 1 aliphatic rings. The molecule has 2 N–H and O–H groups in total. The fourth-order valence-electron chi connectivity index (χ4n) is 2.14. The Bertz CT molecular complexity index is 508. The van der Waals surface area contributed by atoms with Gasteiger partial charge in [-0.1, -0.05) is 12.1 Å². The average molecular weight is 276 g/mol. The Morgan fingerprint density at radius 3 is 2.30 bits per heavy atom. The van der Waals surface area contributed by atoms with Crippen LogP contribution in [0.3, 0.4) is 0 Å². The molecule has 0 aliphatic carbocycles. The van der Waals surface area contributed by atoms with Crippen molar-refractivity contribution in [2.45, 2.75) is 19.3 Å². The largest absolute Gasteiger partial charge is 0.481 e. The third kappa shape index (κ3) is 3.81. The molecular formula is C14H16N2O4. The Morgan fingerprint density at radius 2 is 1.75 bits per heavy atom. The minimum atomic E-state index is -0.792. The van der Waals surface area contributed by atoms with E-state index in [9.17, 15) is 14.4 Å². The quantitative estimate of drug-likeness (QED) is 0.767. The van der Waals surface area contributed by atoms with E-state index in [0.717, 1.165) is 11.3 Å². The predicted octanol–water partition coefficient (Wildman–Crippen LogP) is 0.557. The van der Waals surface area contributed by atoms with E-state index >= 15 is 0 Å². The molecular weight excluding hydrogens is 260 g/mol. The SMILES string of the molecule is O=C(O)CCCc1ccc(N2CC(=O)NC(=O)C2)cc1. The second-order valence-electron chi connectivity index (χ2n) is 4.74. The van der Waals surface area contributed by atoms with Crippen LogP contribution in [0.25, 0.3) is 0 Å². The van der Waals surface area contributed by atoms with E-state index in [1.165, 1.54) is 0 Å². The Labute approximate surface area is 116 Å². The van der Waals surface area contributed by atoms with Crippen molar-refractivity contribution in [1.82, 2.24) is 5.32 Å². The third-order valence-electron chi connectivity index (χ3n) is 3.11. The summed E-state index contributed by atoms with van der Waals surface area (Å²) in [5.74, 6) is -1.39. The fraction of sp³-hybridized carbons (Fsp3) is 0.357. The van der Waals surface area contributed by atoms with Gasteiger partial charge in [-0.3, -0.25) is 19.7 Å². The number of imide groups is 1. The Hall–Kier alpha value is -2.37. The summed E-state index contributed by atoms with van der Waals surface area (Å²) in [6.07, 6.45) is 1.45. The van der Waals surface area contributed by atoms with Crippen LogP contribution in [0.15, 0.2) is 24.3 Å². The van der Waals surface area contributed by atoms with Crippen molar-refractivity contribution in [2.75, 3.05) is 18.0 Å². The average Bonchev–Trinajstić information content (AvgIpc) is 2.38. The zero-order valence-corrected chi connectivity index (χ0v) is 11.0. The predicted molar refractivity (Wildman–Crippen MR) is 72.4 cm³/mol. The monoisotopic (exact) mass is 276 g/mol. The number of piperazine rings is 1. The van der Waals surface area contributed by atoms with E-state index < -0.39 is 5.97 Å². The molecule has 1 saturated heterocycles. The maximum Gasteiger partial charge on any atom is 0.303 e. The number of rotatable bonds is 5. The molecule has 1 fully saturated rings. The van der Waals surface area contributed by atoms with Crippen molar-refractivity contribution in [3.63, 3.8) is 0 Å². The number of hydrogen-bond donors (Lipinski definition) is 2. The van der Waals surface area contributed by atoms with Crippen molar-refractivity contribution in [1.29, 1.82) is 0 Å². The number of carbonyl (C=O) groups is 3. The molecule has 106 valence electrons. The number of carbonyl (C=O) groups excluding carboxylic acids is 2. The Morgan fingerprint density at radius 1 is 1.15 bits per heavy atom. The van der Waals surface area contributed by atoms with Gasteiger partial charge in [-0.15, -0.1) is 0 Å². The molecule has 1 aromatic rings. The van der Waals surface area contributed by atoms with Gasteiger partial charge in [0.25, 0.3) is 0 Å². The van der Waals surface area contributed by atoms with Crippen LogP contribution >= 0.6 is 0 Å². The van der Waals surface area contributed by atoms with Gasteiger partial charge in [0, 0.05) is 12.1 Å². The molecule has 6 heteroatoms. The van der Waals surface area contributed by atoms with Crippen LogP contribution in [0.5, 0.6) is 0 Å². The summed E-state index contributed by atoms with van der Waals surface area (Å²) in [5, 5.41) is 10.8. The number of aryl methyl sites for hydroxylation is 1. The highest BCUT2D eigenvalue weighted by molar-refractivity contribution is 6.02. The summed E-state index contributed by atoms with van der Waals surface area (Å²) >= 11 is 0. The van der Waals surface area contributed by atoms with Gasteiger partial charge in [0.1, 0.15) is 0 Å². The minimum Gasteiger partial charge on any atom is -0.481 e. The van der Waals surface area contributed by atoms with Gasteiger partial charge in [0.05, 0.1) is 13.1 Å². The molecule has 0 spiro atoms. The molecule has 0 atom stereocenters. The van der Waals surface area contributed by atoms with Crippen molar-refractivity contribution >= 4 is 23.5 Å². The summed E-state index contributed by atoms with van der Waals surface area (Å²) in [6, 6.07) is 7.49. The summed E-state index contributed by atoms with van der Waals surface area (Å²) in [5.41, 5.74) is 1.86. The Kier molecular flexibility index (Phi) is 4.34. The molecule has 0 radical (unpaired) electrons. The number of aliphatic carboxylic acids is 1. The summed E-state index contributed by atoms with van der Waals surface area (Å²) < 4.78 is 0. The number of nitrogens with zero attached hydrogens (tertiary/aromatic N) is 1. The van der Waals surface area contributed by atoms with Crippen LogP contribution < -0.4 is 10.2 Å². The molecule has 0 saturated carbocycles. The number of benzene rings is 1. The summed E-state index contributed by atoms with van der Waals surface area (Å²) in [7, 11) is 0. The van der Waals surface area contributed by atoms with Gasteiger partial charge in [-0.2, -0.15) is 0 Å². The third-order valence-corrected chi connectivity index (χ3v) is 3.11. The molecule has 2 rings (SSSR count). The summed E-state index contributed by atoms with van der Waals surface area (Å²) in [4.78, 5) is 34.7. The zero-order valence-electron chi connectivity index (χ0n) is 11.0. The normalized spacial score (nSPS) is 15.1. The minimum absolute atomic E-state index is 0.155. The van der Waals surface area contributed by atoms with Crippen molar-refractivity contribution in [3.05, 3.63) is 29.8 Å². The highest BCUT2D eigenvalue weighted by Gasteiger charge is 2.22. The fourth-order valence-corrected chi connectivity index (χ4v) is 2.14. The summed E-state index contributed by atoms with van der Waals surface area (Å²) in [6.45, 7) is 0.341. The molecule has 1 heterocycles. The van der Waals surface area contributed by atoms with Gasteiger partial charge >= 0.3 is 5.97 Å².